The van der Waals surface area contributed by atoms with Crippen LogP contribution in [0.1, 0.15) is 28.6 Å². The molecule has 9 heteroatoms. The molecule has 0 saturated carbocycles. The monoisotopic (exact) mass is 467 g/mol. The van der Waals surface area contributed by atoms with E-state index in [1.165, 1.54) is 17.8 Å². The molecule has 0 radical (unpaired) electrons. The third-order valence-electron chi connectivity index (χ3n) is 6.18. The van der Waals surface area contributed by atoms with Crippen LogP contribution in [0.4, 0.5) is 5.82 Å². The van der Waals surface area contributed by atoms with Gasteiger partial charge in [0.25, 0.3) is 5.91 Å². The molecule has 33 heavy (non-hydrogen) atoms. The van der Waals surface area contributed by atoms with Crippen LogP contribution in [0.3, 0.4) is 0 Å². The van der Waals surface area contributed by atoms with E-state index in [0.717, 1.165) is 60.1 Å². The molecule has 4 heterocycles. The molecule has 0 aliphatic carbocycles. The van der Waals surface area contributed by atoms with Crippen molar-refractivity contribution in [3.8, 4) is 11.5 Å². The minimum Gasteiger partial charge on any atom is -0.486 e. The normalized spacial score (nSPS) is 18.5. The molecular formula is C24H29N5O3S. The quantitative estimate of drug-likeness (QED) is 0.597. The molecule has 8 nitrogen and oxygen atoms in total. The van der Waals surface area contributed by atoms with Gasteiger partial charge in [0.15, 0.2) is 11.5 Å². The molecule has 0 bridgehead atoms. The summed E-state index contributed by atoms with van der Waals surface area (Å²) in [7, 11) is 0. The Kier molecular flexibility index (Phi) is 6.32. The van der Waals surface area contributed by atoms with Crippen LogP contribution in [0.2, 0.25) is 0 Å². The smallest absolute Gasteiger partial charge is 0.261 e. The number of amides is 1. The highest BCUT2D eigenvalue weighted by atomic mass is 32.1. The Labute approximate surface area is 197 Å². The number of anilines is 1. The van der Waals surface area contributed by atoms with E-state index in [1.54, 1.807) is 6.33 Å². The van der Waals surface area contributed by atoms with Gasteiger partial charge in [-0.05, 0) is 37.6 Å². The molecule has 1 atom stereocenters. The first kappa shape index (κ1) is 21.9. The maximum Gasteiger partial charge on any atom is 0.261 e. The summed E-state index contributed by atoms with van der Waals surface area (Å²) in [4.78, 5) is 28.5. The topological polar surface area (TPSA) is 79.8 Å². The predicted molar refractivity (Wildman–Crippen MR) is 130 cm³/mol. The summed E-state index contributed by atoms with van der Waals surface area (Å²) < 4.78 is 11.7. The number of hydrogen-bond donors (Lipinski definition) is 1. The lowest BCUT2D eigenvalue weighted by atomic mass is 10.1. The summed E-state index contributed by atoms with van der Waals surface area (Å²) in [5.41, 5.74) is 0.935. The van der Waals surface area contributed by atoms with Gasteiger partial charge in [-0.25, -0.2) is 9.97 Å². The predicted octanol–water partition coefficient (Wildman–Crippen LogP) is 3.10. The van der Waals surface area contributed by atoms with Crippen molar-refractivity contribution < 1.29 is 14.3 Å². The summed E-state index contributed by atoms with van der Waals surface area (Å²) in [5, 5.41) is 4.01. The minimum atomic E-state index is -0.228. The average Bonchev–Trinajstić information content (AvgIpc) is 3.20. The highest BCUT2D eigenvalue weighted by molar-refractivity contribution is 7.20. The van der Waals surface area contributed by atoms with E-state index in [9.17, 15) is 4.79 Å². The van der Waals surface area contributed by atoms with Crippen molar-refractivity contribution in [2.75, 3.05) is 50.8 Å². The van der Waals surface area contributed by atoms with E-state index >= 15 is 0 Å². The summed E-state index contributed by atoms with van der Waals surface area (Å²) in [6, 6.07) is 7.58. The van der Waals surface area contributed by atoms with Crippen molar-refractivity contribution in [1.82, 2.24) is 20.2 Å². The van der Waals surface area contributed by atoms with E-state index in [-0.39, 0.29) is 12.0 Å². The lowest BCUT2D eigenvalue weighted by Gasteiger charge is -2.35. The van der Waals surface area contributed by atoms with Gasteiger partial charge in [-0.15, -0.1) is 11.3 Å². The number of aromatic nitrogens is 2. The number of benzene rings is 1. The summed E-state index contributed by atoms with van der Waals surface area (Å²) in [6.45, 7) is 10.0. The number of nitrogens with zero attached hydrogens (tertiary/aromatic N) is 4. The first-order valence-corrected chi connectivity index (χ1v) is 12.3. The van der Waals surface area contributed by atoms with Gasteiger partial charge in [0.05, 0.1) is 16.8 Å². The molecule has 2 aliphatic rings. The van der Waals surface area contributed by atoms with E-state index in [4.69, 9.17) is 9.47 Å². The highest BCUT2D eigenvalue weighted by Gasteiger charge is 2.26. The fraction of sp³-hybridized carbons (Fsp3) is 0.458. The van der Waals surface area contributed by atoms with Gasteiger partial charge >= 0.3 is 0 Å². The molecule has 174 valence electrons. The number of aryl methyl sites for hydroxylation is 1. The average molecular weight is 468 g/mol. The molecule has 0 spiro atoms. The summed E-state index contributed by atoms with van der Waals surface area (Å²) in [6.07, 6.45) is 2.55. The number of thiophene rings is 1. The molecule has 5 rings (SSSR count). The zero-order valence-corrected chi connectivity index (χ0v) is 19.9. The van der Waals surface area contributed by atoms with Crippen molar-refractivity contribution >= 4 is 33.3 Å². The minimum absolute atomic E-state index is 0.114. The second-order valence-electron chi connectivity index (χ2n) is 8.47. The zero-order chi connectivity index (χ0) is 22.8. The van der Waals surface area contributed by atoms with Gasteiger partial charge < -0.3 is 19.7 Å². The lowest BCUT2D eigenvalue weighted by Crippen LogP contribution is -2.46. The third kappa shape index (κ3) is 4.47. The molecule has 2 aliphatic heterocycles. The number of rotatable bonds is 6. The number of nitrogens with one attached hydrogen (secondary N) is 1. The van der Waals surface area contributed by atoms with Gasteiger partial charge in [-0.2, -0.15) is 0 Å². The van der Waals surface area contributed by atoms with Gasteiger partial charge in [0.2, 0.25) is 0 Å². The summed E-state index contributed by atoms with van der Waals surface area (Å²) in [5.74, 6) is 2.27. The summed E-state index contributed by atoms with van der Waals surface area (Å²) >= 11 is 1.42. The Bertz CT molecular complexity index is 1140. The fourth-order valence-corrected chi connectivity index (χ4v) is 5.52. The first-order valence-electron chi connectivity index (χ1n) is 11.5. The molecular weight excluding hydrogens is 438 g/mol. The number of ether oxygens (including phenoxy) is 2. The van der Waals surface area contributed by atoms with Gasteiger partial charge in [0.1, 0.15) is 29.7 Å². The number of carbonyl (C=O) groups is 1. The van der Waals surface area contributed by atoms with Crippen molar-refractivity contribution in [2.45, 2.75) is 26.4 Å². The Morgan fingerprint density at radius 1 is 1.18 bits per heavy atom. The highest BCUT2D eigenvalue weighted by Crippen LogP contribution is 2.35. The molecule has 1 N–H and O–H groups in total. The van der Waals surface area contributed by atoms with Crippen LogP contribution in [0.25, 0.3) is 10.2 Å². The first-order chi connectivity index (χ1) is 16.1. The number of fused-ring (bicyclic) bond motifs is 2. The number of para-hydroxylation sites is 2. The number of piperazine rings is 1. The van der Waals surface area contributed by atoms with Crippen molar-refractivity contribution in [3.05, 3.63) is 41.0 Å². The largest absolute Gasteiger partial charge is 0.486 e. The van der Waals surface area contributed by atoms with Crippen LogP contribution in [-0.4, -0.2) is 72.8 Å². The van der Waals surface area contributed by atoms with Crippen LogP contribution in [-0.2, 0) is 0 Å². The number of carbonyl (C=O) groups excluding carboxylic acids is 1. The van der Waals surface area contributed by atoms with Crippen LogP contribution in [0, 0.1) is 6.92 Å². The van der Waals surface area contributed by atoms with E-state index in [1.807, 2.05) is 31.2 Å². The van der Waals surface area contributed by atoms with Crippen molar-refractivity contribution in [2.24, 2.45) is 0 Å². The lowest BCUT2D eigenvalue weighted by molar-refractivity contribution is 0.0791. The molecule has 1 saturated heterocycles. The zero-order valence-electron chi connectivity index (χ0n) is 19.0. The van der Waals surface area contributed by atoms with Crippen LogP contribution >= 0.6 is 11.3 Å². The molecule has 1 aromatic carbocycles. The standard InChI is InChI=1S/C24H29N5O3S/c1-3-8-28-9-11-29(12-10-28)22-20-16(2)21(33-24(20)27-15-26-22)23(30)25-13-17-14-31-18-6-4-5-7-19(18)32-17/h4-7,15,17H,3,8-14H2,1-2H3,(H,25,30). The second kappa shape index (κ2) is 9.52. The van der Waals surface area contributed by atoms with Crippen molar-refractivity contribution in [1.29, 1.82) is 0 Å². The van der Waals surface area contributed by atoms with Gasteiger partial charge in [0, 0.05) is 26.2 Å². The third-order valence-corrected chi connectivity index (χ3v) is 7.38. The van der Waals surface area contributed by atoms with Crippen LogP contribution < -0.4 is 19.7 Å². The Morgan fingerprint density at radius 2 is 1.97 bits per heavy atom. The number of hydrogen-bond acceptors (Lipinski definition) is 8. The Balaban J connectivity index is 1.29. The van der Waals surface area contributed by atoms with E-state index in [2.05, 4.69) is 32.0 Å². The maximum absolute atomic E-state index is 13.1. The van der Waals surface area contributed by atoms with Gasteiger partial charge in [-0.1, -0.05) is 19.1 Å². The van der Waals surface area contributed by atoms with Gasteiger partial charge in [-0.3, -0.25) is 9.69 Å². The van der Waals surface area contributed by atoms with E-state index < -0.39 is 0 Å². The second-order valence-corrected chi connectivity index (χ2v) is 9.47. The maximum atomic E-state index is 13.1. The molecule has 1 amide bonds. The molecule has 1 unspecified atom stereocenters. The van der Waals surface area contributed by atoms with E-state index in [0.29, 0.717) is 23.8 Å². The fourth-order valence-electron chi connectivity index (χ4n) is 4.46. The van der Waals surface area contributed by atoms with Crippen LogP contribution in [0.15, 0.2) is 30.6 Å². The molecule has 3 aromatic rings. The van der Waals surface area contributed by atoms with Crippen LogP contribution in [0.5, 0.6) is 11.5 Å². The van der Waals surface area contributed by atoms with Crippen molar-refractivity contribution in [3.63, 3.8) is 0 Å². The Hall–Kier alpha value is -2.91. The SMILES string of the molecule is CCCN1CCN(c2ncnc3sc(C(=O)NCC4COc5ccccc5O4)c(C)c23)CC1. The molecule has 1 fully saturated rings. The molecule has 2 aromatic heterocycles. The Morgan fingerprint density at radius 3 is 2.76 bits per heavy atom.